The highest BCUT2D eigenvalue weighted by Gasteiger charge is 2.46. The number of nitrogens with zero attached hydrogens (tertiary/aromatic N) is 1. The molecule has 1 amide bonds. The van der Waals surface area contributed by atoms with E-state index in [0.29, 0.717) is 11.6 Å². The lowest BCUT2D eigenvalue weighted by atomic mass is 10.1. The smallest absolute Gasteiger partial charge is 0.246 e. The van der Waals surface area contributed by atoms with Gasteiger partial charge in [0.15, 0.2) is 5.13 Å². The minimum Gasteiger partial charge on any atom is -0.317 e. The summed E-state index contributed by atoms with van der Waals surface area (Å²) in [6.07, 6.45) is 3.74. The number of halogens is 2. The van der Waals surface area contributed by atoms with Gasteiger partial charge in [-0.15, -0.1) is 23.7 Å². The molecule has 7 heteroatoms. The fraction of sp³-hybridized carbons (Fsp3) is 0.286. The Balaban J connectivity index is 0.00000161. The Morgan fingerprint density at radius 3 is 2.90 bits per heavy atom. The third kappa shape index (κ3) is 3.78. The summed E-state index contributed by atoms with van der Waals surface area (Å²) in [5, 5.41) is 3.27. The maximum atomic E-state index is 13.1. The Bertz CT molecular complexity index is 657. The molecule has 0 radical (unpaired) electrons. The third-order valence-corrected chi connectivity index (χ3v) is 4.20. The zero-order chi connectivity index (χ0) is 14.2. The zero-order valence-corrected chi connectivity index (χ0v) is 12.8. The van der Waals surface area contributed by atoms with E-state index in [-0.39, 0.29) is 24.1 Å². The number of benzene rings is 1. The first-order valence-corrected chi connectivity index (χ1v) is 7.16. The SMILES string of the molecule is Cl.NC1(C(=O)Nc2ncc(Cc3cccc(F)c3)s2)CC1. The molecule has 0 saturated heterocycles. The number of nitrogens with two attached hydrogens (primary N) is 1. The molecule has 1 saturated carbocycles. The monoisotopic (exact) mass is 327 g/mol. The van der Waals surface area contributed by atoms with Crippen LogP contribution in [0.2, 0.25) is 0 Å². The second-order valence-electron chi connectivity index (χ2n) is 5.05. The van der Waals surface area contributed by atoms with Crippen molar-refractivity contribution in [2.45, 2.75) is 24.8 Å². The molecule has 2 aromatic rings. The molecule has 3 rings (SSSR count). The average Bonchev–Trinajstić information content (AvgIpc) is 3.01. The van der Waals surface area contributed by atoms with Crippen molar-refractivity contribution in [1.29, 1.82) is 0 Å². The molecule has 0 spiro atoms. The molecule has 3 N–H and O–H groups in total. The third-order valence-electron chi connectivity index (χ3n) is 3.28. The van der Waals surface area contributed by atoms with Gasteiger partial charge in [0, 0.05) is 17.5 Å². The normalized spacial score (nSPS) is 15.1. The molecule has 0 bridgehead atoms. The largest absolute Gasteiger partial charge is 0.317 e. The van der Waals surface area contributed by atoms with Gasteiger partial charge < -0.3 is 11.1 Å². The highest BCUT2D eigenvalue weighted by molar-refractivity contribution is 7.15. The number of thiazole rings is 1. The van der Waals surface area contributed by atoms with Crippen molar-refractivity contribution in [2.75, 3.05) is 5.32 Å². The number of amides is 1. The first-order valence-electron chi connectivity index (χ1n) is 6.35. The Morgan fingerprint density at radius 2 is 2.24 bits per heavy atom. The topological polar surface area (TPSA) is 68.0 Å². The van der Waals surface area contributed by atoms with E-state index in [9.17, 15) is 9.18 Å². The van der Waals surface area contributed by atoms with Crippen molar-refractivity contribution in [3.8, 4) is 0 Å². The van der Waals surface area contributed by atoms with Crippen LogP contribution in [0.3, 0.4) is 0 Å². The molecule has 4 nitrogen and oxygen atoms in total. The van der Waals surface area contributed by atoms with Crippen molar-refractivity contribution >= 4 is 34.8 Å². The van der Waals surface area contributed by atoms with E-state index in [1.54, 1.807) is 12.3 Å². The van der Waals surface area contributed by atoms with E-state index >= 15 is 0 Å². The van der Waals surface area contributed by atoms with Crippen LogP contribution in [0, 0.1) is 5.82 Å². The van der Waals surface area contributed by atoms with Gasteiger partial charge in [-0.25, -0.2) is 9.37 Å². The zero-order valence-electron chi connectivity index (χ0n) is 11.1. The van der Waals surface area contributed by atoms with E-state index in [4.69, 9.17) is 5.73 Å². The van der Waals surface area contributed by atoms with Crippen LogP contribution < -0.4 is 11.1 Å². The molecule has 1 aliphatic rings. The summed E-state index contributed by atoms with van der Waals surface area (Å²) in [7, 11) is 0. The molecule has 112 valence electrons. The van der Waals surface area contributed by atoms with Gasteiger partial charge >= 0.3 is 0 Å². The van der Waals surface area contributed by atoms with Gasteiger partial charge in [0.1, 0.15) is 5.82 Å². The second kappa shape index (κ2) is 6.09. The summed E-state index contributed by atoms with van der Waals surface area (Å²) in [6, 6.07) is 6.45. The number of aromatic nitrogens is 1. The highest BCUT2D eigenvalue weighted by atomic mass is 35.5. The van der Waals surface area contributed by atoms with Crippen LogP contribution in [0.5, 0.6) is 0 Å². The molecule has 21 heavy (non-hydrogen) atoms. The van der Waals surface area contributed by atoms with Gasteiger partial charge in [0.25, 0.3) is 0 Å². The fourth-order valence-corrected chi connectivity index (χ4v) is 2.72. The number of hydrogen-bond donors (Lipinski definition) is 2. The summed E-state index contributed by atoms with van der Waals surface area (Å²) >= 11 is 1.38. The number of carbonyl (C=O) groups excluding carboxylic acids is 1. The lowest BCUT2D eigenvalue weighted by Crippen LogP contribution is -2.37. The number of hydrogen-bond acceptors (Lipinski definition) is 4. The maximum absolute atomic E-state index is 13.1. The van der Waals surface area contributed by atoms with E-state index < -0.39 is 5.54 Å². The maximum Gasteiger partial charge on any atom is 0.246 e. The van der Waals surface area contributed by atoms with Crippen LogP contribution in [-0.2, 0) is 11.2 Å². The van der Waals surface area contributed by atoms with Crippen LogP contribution in [0.25, 0.3) is 0 Å². The number of carbonyl (C=O) groups is 1. The molecular weight excluding hydrogens is 313 g/mol. The van der Waals surface area contributed by atoms with Crippen molar-refractivity contribution in [1.82, 2.24) is 4.98 Å². The Labute approximate surface area is 132 Å². The molecule has 0 unspecified atom stereocenters. The predicted molar refractivity (Wildman–Crippen MR) is 83.4 cm³/mol. The highest BCUT2D eigenvalue weighted by Crippen LogP contribution is 2.33. The van der Waals surface area contributed by atoms with Gasteiger partial charge in [0.05, 0.1) is 5.54 Å². The van der Waals surface area contributed by atoms with Crippen molar-refractivity contribution in [2.24, 2.45) is 5.73 Å². The fourth-order valence-electron chi connectivity index (χ4n) is 1.88. The number of nitrogens with one attached hydrogen (secondary N) is 1. The molecule has 1 aliphatic carbocycles. The van der Waals surface area contributed by atoms with Gasteiger partial charge in [-0.05, 0) is 30.5 Å². The average molecular weight is 328 g/mol. The quantitative estimate of drug-likeness (QED) is 0.907. The number of rotatable bonds is 4. The Hall–Kier alpha value is -1.50. The molecular formula is C14H15ClFN3OS. The van der Waals surface area contributed by atoms with E-state index in [0.717, 1.165) is 23.3 Å². The molecule has 1 heterocycles. The summed E-state index contributed by atoms with van der Waals surface area (Å²) in [5.41, 5.74) is 5.99. The first kappa shape index (κ1) is 15.9. The lowest BCUT2D eigenvalue weighted by Gasteiger charge is -2.06. The second-order valence-corrected chi connectivity index (χ2v) is 6.16. The van der Waals surface area contributed by atoms with Gasteiger partial charge in [-0.2, -0.15) is 0 Å². The minimum atomic E-state index is -0.700. The molecule has 1 fully saturated rings. The Kier molecular flexibility index (Phi) is 4.61. The minimum absolute atomic E-state index is 0. The van der Waals surface area contributed by atoms with Crippen LogP contribution in [-0.4, -0.2) is 16.4 Å². The van der Waals surface area contributed by atoms with E-state index in [2.05, 4.69) is 10.3 Å². The molecule has 0 aliphatic heterocycles. The van der Waals surface area contributed by atoms with E-state index in [1.807, 2.05) is 6.07 Å². The summed E-state index contributed by atoms with van der Waals surface area (Å²) in [6.45, 7) is 0. The molecule has 1 aromatic carbocycles. The number of anilines is 1. The summed E-state index contributed by atoms with van der Waals surface area (Å²) < 4.78 is 13.1. The summed E-state index contributed by atoms with van der Waals surface area (Å²) in [5.74, 6) is -0.427. The molecule has 1 aromatic heterocycles. The van der Waals surface area contributed by atoms with Crippen LogP contribution in [0.1, 0.15) is 23.3 Å². The van der Waals surface area contributed by atoms with Gasteiger partial charge in [-0.1, -0.05) is 12.1 Å². The lowest BCUT2D eigenvalue weighted by molar-refractivity contribution is -0.118. The predicted octanol–water partition coefficient (Wildman–Crippen LogP) is 2.72. The first-order chi connectivity index (χ1) is 9.55. The van der Waals surface area contributed by atoms with Crippen LogP contribution in [0.15, 0.2) is 30.5 Å². The van der Waals surface area contributed by atoms with Crippen molar-refractivity contribution in [3.63, 3.8) is 0 Å². The standard InChI is InChI=1S/C14H14FN3OS.ClH/c15-10-3-1-2-9(6-10)7-11-8-17-13(20-11)18-12(19)14(16)4-5-14;/h1-3,6,8H,4-5,7,16H2,(H,17,18,19);1H. The van der Waals surface area contributed by atoms with Crippen molar-refractivity contribution in [3.05, 3.63) is 46.7 Å². The van der Waals surface area contributed by atoms with Gasteiger partial charge in [-0.3, -0.25) is 4.79 Å². The molecule has 0 atom stereocenters. The summed E-state index contributed by atoms with van der Waals surface area (Å²) in [4.78, 5) is 16.9. The Morgan fingerprint density at radius 1 is 1.48 bits per heavy atom. The van der Waals surface area contributed by atoms with Crippen LogP contribution >= 0.6 is 23.7 Å². The van der Waals surface area contributed by atoms with Crippen molar-refractivity contribution < 1.29 is 9.18 Å². The van der Waals surface area contributed by atoms with Crippen LogP contribution in [0.4, 0.5) is 9.52 Å². The van der Waals surface area contributed by atoms with E-state index in [1.165, 1.54) is 23.5 Å². The van der Waals surface area contributed by atoms with Gasteiger partial charge in [0.2, 0.25) is 5.91 Å².